The van der Waals surface area contributed by atoms with Gasteiger partial charge in [0.1, 0.15) is 11.6 Å². The Kier molecular flexibility index (Phi) is 4.98. The van der Waals surface area contributed by atoms with Gasteiger partial charge in [0, 0.05) is 13.1 Å². The lowest BCUT2D eigenvalue weighted by molar-refractivity contribution is 0.0187. The van der Waals surface area contributed by atoms with Gasteiger partial charge in [0.25, 0.3) is 6.43 Å². The van der Waals surface area contributed by atoms with Crippen LogP contribution in [-0.4, -0.2) is 31.2 Å². The van der Waals surface area contributed by atoms with Crippen molar-refractivity contribution in [3.05, 3.63) is 29.3 Å². The lowest BCUT2D eigenvalue weighted by Gasteiger charge is -2.03. The molecule has 0 saturated carbocycles. The molecule has 1 aromatic heterocycles. The molecule has 2 rings (SSSR count). The zero-order valence-electron chi connectivity index (χ0n) is 9.73. The second-order valence-corrected chi connectivity index (χ2v) is 4.83. The van der Waals surface area contributed by atoms with Gasteiger partial charge in [-0.1, -0.05) is 12.1 Å². The summed E-state index contributed by atoms with van der Waals surface area (Å²) in [7, 11) is 0. The van der Waals surface area contributed by atoms with Crippen LogP contribution in [0.15, 0.2) is 24.3 Å². The van der Waals surface area contributed by atoms with E-state index in [0.717, 1.165) is 15.2 Å². The van der Waals surface area contributed by atoms with Crippen molar-refractivity contribution in [3.63, 3.8) is 0 Å². The van der Waals surface area contributed by atoms with Crippen molar-refractivity contribution >= 4 is 21.6 Å². The van der Waals surface area contributed by atoms with Crippen LogP contribution in [0, 0.1) is 0 Å². The number of aromatic nitrogens is 1. The number of fused-ring (bicyclic) bond motifs is 1. The molecule has 0 aliphatic carbocycles. The van der Waals surface area contributed by atoms with E-state index in [4.69, 9.17) is 4.74 Å². The second kappa shape index (κ2) is 6.72. The Bertz CT molecular complexity index is 457. The highest BCUT2D eigenvalue weighted by Crippen LogP contribution is 2.20. The number of thiazole rings is 1. The molecule has 0 bridgehead atoms. The summed E-state index contributed by atoms with van der Waals surface area (Å²) in [6, 6.07) is 7.94. The van der Waals surface area contributed by atoms with Crippen molar-refractivity contribution < 1.29 is 13.5 Å². The SMILES string of the molecule is FC(F)COCCNCc1nc2ccccc2s1. The van der Waals surface area contributed by atoms with Gasteiger partial charge in [-0.25, -0.2) is 13.8 Å². The predicted molar refractivity (Wildman–Crippen MR) is 68.1 cm³/mol. The van der Waals surface area contributed by atoms with E-state index in [0.29, 0.717) is 13.1 Å². The molecule has 1 heterocycles. The van der Waals surface area contributed by atoms with Crippen molar-refractivity contribution in [2.75, 3.05) is 19.8 Å². The summed E-state index contributed by atoms with van der Waals surface area (Å²) >= 11 is 1.63. The second-order valence-electron chi connectivity index (χ2n) is 3.72. The monoisotopic (exact) mass is 272 g/mol. The standard InChI is InChI=1S/C12H14F2N2OS/c13-11(14)8-17-6-5-15-7-12-16-9-3-1-2-4-10(9)18-12/h1-4,11,15H,5-8H2. The number of nitrogens with zero attached hydrogens (tertiary/aromatic N) is 1. The maximum atomic E-state index is 11.8. The van der Waals surface area contributed by atoms with Gasteiger partial charge in [0.05, 0.1) is 16.8 Å². The first kappa shape index (κ1) is 13.3. The minimum Gasteiger partial charge on any atom is -0.374 e. The molecule has 0 saturated heterocycles. The quantitative estimate of drug-likeness (QED) is 0.787. The number of nitrogens with one attached hydrogen (secondary N) is 1. The van der Waals surface area contributed by atoms with Gasteiger partial charge in [-0.3, -0.25) is 0 Å². The highest BCUT2D eigenvalue weighted by atomic mass is 32.1. The third-order valence-corrected chi connectivity index (χ3v) is 3.32. The maximum absolute atomic E-state index is 11.8. The molecule has 18 heavy (non-hydrogen) atoms. The molecule has 0 fully saturated rings. The highest BCUT2D eigenvalue weighted by Gasteiger charge is 2.03. The Morgan fingerprint density at radius 2 is 2.17 bits per heavy atom. The number of para-hydroxylation sites is 1. The van der Waals surface area contributed by atoms with Gasteiger partial charge in [0.2, 0.25) is 0 Å². The molecule has 0 unspecified atom stereocenters. The minimum atomic E-state index is -2.39. The molecule has 0 amide bonds. The summed E-state index contributed by atoms with van der Waals surface area (Å²) in [5.74, 6) is 0. The lowest BCUT2D eigenvalue weighted by atomic mass is 10.3. The molecular weight excluding hydrogens is 258 g/mol. The smallest absolute Gasteiger partial charge is 0.261 e. The van der Waals surface area contributed by atoms with Crippen LogP contribution in [-0.2, 0) is 11.3 Å². The number of ether oxygens (including phenoxy) is 1. The van der Waals surface area contributed by atoms with E-state index in [9.17, 15) is 8.78 Å². The zero-order chi connectivity index (χ0) is 12.8. The van der Waals surface area contributed by atoms with Crippen molar-refractivity contribution in [2.45, 2.75) is 13.0 Å². The molecule has 3 nitrogen and oxygen atoms in total. The van der Waals surface area contributed by atoms with E-state index in [1.807, 2.05) is 24.3 Å². The number of rotatable bonds is 7. The molecule has 6 heteroatoms. The van der Waals surface area contributed by atoms with Crippen LogP contribution in [0.3, 0.4) is 0 Å². The Morgan fingerprint density at radius 3 is 2.94 bits per heavy atom. The number of halogens is 2. The molecule has 1 aromatic carbocycles. The Hall–Kier alpha value is -1.11. The fourth-order valence-electron chi connectivity index (χ4n) is 1.51. The molecule has 0 radical (unpaired) electrons. The van der Waals surface area contributed by atoms with Crippen LogP contribution < -0.4 is 5.32 Å². The number of hydrogen-bond donors (Lipinski definition) is 1. The molecule has 1 N–H and O–H groups in total. The van der Waals surface area contributed by atoms with Crippen LogP contribution in [0.5, 0.6) is 0 Å². The first-order valence-electron chi connectivity index (χ1n) is 5.67. The van der Waals surface area contributed by atoms with E-state index >= 15 is 0 Å². The average Bonchev–Trinajstić information content (AvgIpc) is 2.75. The fraction of sp³-hybridized carbons (Fsp3) is 0.417. The zero-order valence-corrected chi connectivity index (χ0v) is 10.6. The maximum Gasteiger partial charge on any atom is 0.261 e. The predicted octanol–water partition coefficient (Wildman–Crippen LogP) is 2.67. The molecular formula is C12H14F2N2OS. The van der Waals surface area contributed by atoms with Gasteiger partial charge < -0.3 is 10.1 Å². The summed E-state index contributed by atoms with van der Waals surface area (Å²) in [6.07, 6.45) is -2.39. The van der Waals surface area contributed by atoms with E-state index in [-0.39, 0.29) is 6.61 Å². The summed E-state index contributed by atoms with van der Waals surface area (Å²) in [5, 5.41) is 4.11. The normalized spacial score (nSPS) is 11.5. The molecule has 0 aliphatic heterocycles. The van der Waals surface area contributed by atoms with Gasteiger partial charge in [-0.15, -0.1) is 11.3 Å². The fourth-order valence-corrected chi connectivity index (χ4v) is 2.44. The average molecular weight is 272 g/mol. The third kappa shape index (κ3) is 3.97. The number of alkyl halides is 2. The van der Waals surface area contributed by atoms with Crippen LogP contribution in [0.2, 0.25) is 0 Å². The van der Waals surface area contributed by atoms with Crippen LogP contribution in [0.4, 0.5) is 8.78 Å². The highest BCUT2D eigenvalue weighted by molar-refractivity contribution is 7.18. The largest absolute Gasteiger partial charge is 0.374 e. The van der Waals surface area contributed by atoms with Crippen LogP contribution in [0.1, 0.15) is 5.01 Å². The van der Waals surface area contributed by atoms with E-state index in [1.165, 1.54) is 0 Å². The van der Waals surface area contributed by atoms with Crippen LogP contribution >= 0.6 is 11.3 Å². The van der Waals surface area contributed by atoms with Crippen molar-refractivity contribution in [3.8, 4) is 0 Å². The Labute approximate surface area is 108 Å². The summed E-state index contributed by atoms with van der Waals surface area (Å²) < 4.78 is 29.5. The Morgan fingerprint density at radius 1 is 1.33 bits per heavy atom. The summed E-state index contributed by atoms with van der Waals surface area (Å²) in [5.41, 5.74) is 0.994. The van der Waals surface area contributed by atoms with Crippen LogP contribution in [0.25, 0.3) is 10.2 Å². The lowest BCUT2D eigenvalue weighted by Crippen LogP contribution is -2.20. The number of benzene rings is 1. The Balaban J connectivity index is 1.70. The first-order chi connectivity index (χ1) is 8.75. The third-order valence-electron chi connectivity index (χ3n) is 2.28. The minimum absolute atomic E-state index is 0.287. The van der Waals surface area contributed by atoms with Crippen molar-refractivity contribution in [1.82, 2.24) is 10.3 Å². The van der Waals surface area contributed by atoms with Gasteiger partial charge in [0.15, 0.2) is 0 Å². The first-order valence-corrected chi connectivity index (χ1v) is 6.48. The molecule has 0 aliphatic rings. The molecule has 0 atom stereocenters. The van der Waals surface area contributed by atoms with Crippen molar-refractivity contribution in [2.24, 2.45) is 0 Å². The summed E-state index contributed by atoms with van der Waals surface area (Å²) in [4.78, 5) is 4.45. The topological polar surface area (TPSA) is 34.1 Å². The van der Waals surface area contributed by atoms with E-state index < -0.39 is 13.0 Å². The van der Waals surface area contributed by atoms with Crippen molar-refractivity contribution in [1.29, 1.82) is 0 Å². The molecule has 0 spiro atoms. The summed E-state index contributed by atoms with van der Waals surface area (Å²) in [6.45, 7) is 0.970. The van der Waals surface area contributed by atoms with E-state index in [2.05, 4.69) is 10.3 Å². The van der Waals surface area contributed by atoms with Gasteiger partial charge in [-0.2, -0.15) is 0 Å². The molecule has 98 valence electrons. The van der Waals surface area contributed by atoms with Gasteiger partial charge in [-0.05, 0) is 12.1 Å². The van der Waals surface area contributed by atoms with E-state index in [1.54, 1.807) is 11.3 Å². The molecule has 2 aromatic rings. The van der Waals surface area contributed by atoms with Gasteiger partial charge >= 0.3 is 0 Å². The number of hydrogen-bond acceptors (Lipinski definition) is 4.